The Bertz CT molecular complexity index is 740. The van der Waals surface area contributed by atoms with Crippen molar-refractivity contribution < 1.29 is 0 Å². The van der Waals surface area contributed by atoms with Gasteiger partial charge in [-0.3, -0.25) is 4.68 Å². The Labute approximate surface area is 124 Å². The molecule has 0 saturated carbocycles. The molecule has 3 aromatic rings. The van der Waals surface area contributed by atoms with Gasteiger partial charge in [0, 0.05) is 32.1 Å². The third-order valence-corrected chi connectivity index (χ3v) is 3.89. The topological polar surface area (TPSA) is 47.7 Å². The molecule has 0 spiro atoms. The highest BCUT2D eigenvalue weighted by atomic mass is 15.3. The molecule has 1 atom stereocenters. The van der Waals surface area contributed by atoms with Crippen molar-refractivity contribution in [3.63, 3.8) is 0 Å². The zero-order valence-electron chi connectivity index (χ0n) is 12.7. The first kappa shape index (κ1) is 13.8. The molecule has 0 saturated heterocycles. The molecular formula is C16H21N5. The number of nitrogens with one attached hydrogen (secondary N) is 1. The van der Waals surface area contributed by atoms with Gasteiger partial charge in [-0.2, -0.15) is 5.10 Å². The molecule has 110 valence electrons. The van der Waals surface area contributed by atoms with Crippen molar-refractivity contribution in [3.8, 4) is 0 Å². The predicted octanol–water partition coefficient (Wildman–Crippen LogP) is 2.20. The van der Waals surface area contributed by atoms with Crippen LogP contribution in [0.2, 0.25) is 0 Å². The van der Waals surface area contributed by atoms with Crippen molar-refractivity contribution in [1.82, 2.24) is 24.6 Å². The summed E-state index contributed by atoms with van der Waals surface area (Å²) < 4.78 is 4.02. The van der Waals surface area contributed by atoms with Crippen molar-refractivity contribution in [2.45, 2.75) is 19.4 Å². The van der Waals surface area contributed by atoms with Gasteiger partial charge < -0.3 is 9.88 Å². The zero-order chi connectivity index (χ0) is 14.8. The van der Waals surface area contributed by atoms with E-state index in [0.29, 0.717) is 0 Å². The van der Waals surface area contributed by atoms with Crippen LogP contribution < -0.4 is 5.32 Å². The third-order valence-electron chi connectivity index (χ3n) is 3.89. The van der Waals surface area contributed by atoms with E-state index in [-0.39, 0.29) is 6.04 Å². The second-order valence-electron chi connectivity index (χ2n) is 5.33. The Hall–Kier alpha value is -2.14. The first-order valence-corrected chi connectivity index (χ1v) is 7.31. The van der Waals surface area contributed by atoms with Crippen molar-refractivity contribution in [2.75, 3.05) is 6.54 Å². The number of hydrogen-bond acceptors (Lipinski definition) is 3. The van der Waals surface area contributed by atoms with Gasteiger partial charge in [0.15, 0.2) is 0 Å². The number of benzene rings is 1. The minimum Gasteiger partial charge on any atom is -0.336 e. The maximum atomic E-state index is 4.70. The lowest BCUT2D eigenvalue weighted by atomic mass is 10.1. The highest BCUT2D eigenvalue weighted by Gasteiger charge is 2.18. The van der Waals surface area contributed by atoms with Crippen LogP contribution in [0.4, 0.5) is 0 Å². The first-order chi connectivity index (χ1) is 10.2. The average Bonchev–Trinajstić information content (AvgIpc) is 3.04. The van der Waals surface area contributed by atoms with Crippen molar-refractivity contribution >= 4 is 10.9 Å². The smallest absolute Gasteiger partial charge is 0.0946 e. The standard InChI is InChI=1S/C16H21N5/c1-4-18-14(16-10-17-11-20(16)2)9-13-12-7-5-6-8-15(12)21(3)19-13/h5-8,10-11,14,18H,4,9H2,1-3H3. The molecular weight excluding hydrogens is 262 g/mol. The van der Waals surface area contributed by atoms with Crippen LogP contribution in [0.15, 0.2) is 36.8 Å². The summed E-state index contributed by atoms with van der Waals surface area (Å²) in [6.45, 7) is 3.04. The Morgan fingerprint density at radius 1 is 1.24 bits per heavy atom. The van der Waals surface area contributed by atoms with Crippen molar-refractivity contribution in [3.05, 3.63) is 48.2 Å². The summed E-state index contributed by atoms with van der Waals surface area (Å²) in [5.41, 5.74) is 3.49. The molecule has 0 aliphatic heterocycles. The molecule has 0 bridgehead atoms. The van der Waals surface area contributed by atoms with Gasteiger partial charge in [0.05, 0.1) is 29.3 Å². The number of para-hydroxylation sites is 1. The van der Waals surface area contributed by atoms with Crippen molar-refractivity contribution in [2.24, 2.45) is 14.1 Å². The lowest BCUT2D eigenvalue weighted by Crippen LogP contribution is -2.25. The Morgan fingerprint density at radius 3 is 2.76 bits per heavy atom. The molecule has 0 aliphatic carbocycles. The van der Waals surface area contributed by atoms with E-state index in [2.05, 4.69) is 46.1 Å². The van der Waals surface area contributed by atoms with E-state index in [0.717, 1.165) is 18.7 Å². The molecule has 5 heteroatoms. The maximum Gasteiger partial charge on any atom is 0.0946 e. The van der Waals surface area contributed by atoms with Gasteiger partial charge in [0.2, 0.25) is 0 Å². The molecule has 21 heavy (non-hydrogen) atoms. The summed E-state index contributed by atoms with van der Waals surface area (Å²) in [7, 11) is 4.03. The van der Waals surface area contributed by atoms with Crippen LogP contribution in [-0.2, 0) is 20.5 Å². The molecule has 2 heterocycles. The van der Waals surface area contributed by atoms with Gasteiger partial charge in [0.25, 0.3) is 0 Å². The van der Waals surface area contributed by atoms with Gasteiger partial charge in [-0.15, -0.1) is 0 Å². The molecule has 1 unspecified atom stereocenters. The number of nitrogens with zero attached hydrogens (tertiary/aromatic N) is 4. The average molecular weight is 283 g/mol. The van der Waals surface area contributed by atoms with E-state index < -0.39 is 0 Å². The molecule has 5 nitrogen and oxygen atoms in total. The number of hydrogen-bond donors (Lipinski definition) is 1. The van der Waals surface area contributed by atoms with Crippen molar-refractivity contribution in [1.29, 1.82) is 0 Å². The molecule has 2 aromatic heterocycles. The second-order valence-corrected chi connectivity index (χ2v) is 5.33. The number of likely N-dealkylation sites (N-methyl/N-ethyl adjacent to an activating group) is 1. The molecule has 0 radical (unpaired) electrons. The van der Waals surface area contributed by atoms with Crippen LogP contribution in [0.25, 0.3) is 10.9 Å². The first-order valence-electron chi connectivity index (χ1n) is 7.31. The lowest BCUT2D eigenvalue weighted by molar-refractivity contribution is 0.514. The number of aryl methyl sites for hydroxylation is 2. The Kier molecular flexibility index (Phi) is 3.75. The predicted molar refractivity (Wildman–Crippen MR) is 84.0 cm³/mol. The minimum absolute atomic E-state index is 0.223. The zero-order valence-corrected chi connectivity index (χ0v) is 12.7. The highest BCUT2D eigenvalue weighted by molar-refractivity contribution is 5.81. The minimum atomic E-state index is 0.223. The summed E-state index contributed by atoms with van der Waals surface area (Å²) in [4.78, 5) is 4.23. The van der Waals surface area contributed by atoms with E-state index in [1.807, 2.05) is 31.3 Å². The van der Waals surface area contributed by atoms with Crippen LogP contribution in [-0.4, -0.2) is 25.9 Å². The van der Waals surface area contributed by atoms with Gasteiger partial charge >= 0.3 is 0 Å². The summed E-state index contributed by atoms with van der Waals surface area (Å²) in [5.74, 6) is 0. The molecule has 0 aliphatic rings. The summed E-state index contributed by atoms with van der Waals surface area (Å²) in [5, 5.41) is 9.46. The van der Waals surface area contributed by atoms with Crippen LogP contribution in [0, 0.1) is 0 Å². The van der Waals surface area contributed by atoms with E-state index in [1.54, 1.807) is 0 Å². The Morgan fingerprint density at radius 2 is 2.05 bits per heavy atom. The molecule has 1 aromatic carbocycles. The van der Waals surface area contributed by atoms with Gasteiger partial charge in [0.1, 0.15) is 0 Å². The highest BCUT2D eigenvalue weighted by Crippen LogP contribution is 2.23. The second kappa shape index (κ2) is 5.69. The molecule has 3 rings (SSSR count). The van der Waals surface area contributed by atoms with Crippen LogP contribution in [0.1, 0.15) is 24.4 Å². The maximum absolute atomic E-state index is 4.70. The van der Waals surface area contributed by atoms with E-state index >= 15 is 0 Å². The fourth-order valence-corrected chi connectivity index (χ4v) is 2.86. The fraction of sp³-hybridized carbons (Fsp3) is 0.375. The lowest BCUT2D eigenvalue weighted by Gasteiger charge is -2.17. The number of imidazole rings is 1. The van der Waals surface area contributed by atoms with Gasteiger partial charge in [-0.05, 0) is 12.6 Å². The SMILES string of the molecule is CCNC(Cc1nn(C)c2ccccc12)c1cncn1C. The molecule has 1 N–H and O–H groups in total. The van der Waals surface area contributed by atoms with Crippen LogP contribution in [0.5, 0.6) is 0 Å². The monoisotopic (exact) mass is 283 g/mol. The van der Waals surface area contributed by atoms with Gasteiger partial charge in [-0.25, -0.2) is 4.98 Å². The number of aromatic nitrogens is 4. The van der Waals surface area contributed by atoms with Gasteiger partial charge in [-0.1, -0.05) is 25.1 Å². The van der Waals surface area contributed by atoms with Crippen LogP contribution >= 0.6 is 0 Å². The largest absolute Gasteiger partial charge is 0.336 e. The summed E-state index contributed by atoms with van der Waals surface area (Å²) in [6, 6.07) is 8.60. The summed E-state index contributed by atoms with van der Waals surface area (Å²) in [6.07, 6.45) is 4.63. The number of fused-ring (bicyclic) bond motifs is 1. The van der Waals surface area contributed by atoms with E-state index in [4.69, 9.17) is 5.10 Å². The number of rotatable bonds is 5. The third kappa shape index (κ3) is 2.56. The quantitative estimate of drug-likeness (QED) is 0.781. The molecule has 0 fully saturated rings. The Balaban J connectivity index is 1.97. The fourth-order valence-electron chi connectivity index (χ4n) is 2.86. The van der Waals surface area contributed by atoms with E-state index in [9.17, 15) is 0 Å². The normalized spacial score (nSPS) is 12.9. The van der Waals surface area contributed by atoms with E-state index in [1.165, 1.54) is 16.6 Å². The van der Waals surface area contributed by atoms with Crippen LogP contribution in [0.3, 0.4) is 0 Å². The molecule has 0 amide bonds. The summed E-state index contributed by atoms with van der Waals surface area (Å²) >= 11 is 0.